The molecule has 0 bridgehead atoms. The van der Waals surface area contributed by atoms with Crippen LogP contribution in [0.2, 0.25) is 0 Å². The molecule has 8 aliphatic rings. The molecule has 4 aliphatic heterocycles. The van der Waals surface area contributed by atoms with Crippen LogP contribution in [0.3, 0.4) is 0 Å². The van der Waals surface area contributed by atoms with Gasteiger partial charge in [-0.25, -0.2) is 4.79 Å². The average molecular weight is 767 g/mol. The molecule has 6 N–H and O–H groups in total. The Morgan fingerprint density at radius 1 is 0.944 bits per heavy atom. The maximum atomic E-state index is 13.5. The van der Waals surface area contributed by atoms with Gasteiger partial charge < -0.3 is 63.8 Å². The molecule has 16 nitrogen and oxygen atoms in total. The summed E-state index contributed by atoms with van der Waals surface area (Å²) >= 11 is 0. The van der Waals surface area contributed by atoms with E-state index in [-0.39, 0.29) is 48.2 Å². The van der Waals surface area contributed by atoms with Crippen molar-refractivity contribution in [3.8, 4) is 0 Å². The van der Waals surface area contributed by atoms with Gasteiger partial charge in [0.25, 0.3) is 0 Å². The monoisotopic (exact) mass is 766 g/mol. The molecule has 0 aromatic carbocycles. The summed E-state index contributed by atoms with van der Waals surface area (Å²) in [7, 11) is 0. The van der Waals surface area contributed by atoms with Gasteiger partial charge in [-0.1, -0.05) is 26.3 Å². The first-order valence-corrected chi connectivity index (χ1v) is 19.3. The highest BCUT2D eigenvalue weighted by molar-refractivity contribution is 5.90. The molecule has 21 atom stereocenters. The first-order valence-electron chi connectivity index (χ1n) is 19.3. The van der Waals surface area contributed by atoms with Crippen molar-refractivity contribution >= 4 is 17.9 Å². The number of esters is 3. The smallest absolute Gasteiger partial charge is 0.336 e. The number of epoxide rings is 2. The number of rotatable bonds is 8. The van der Waals surface area contributed by atoms with Gasteiger partial charge in [-0.05, 0) is 43.4 Å². The zero-order valence-corrected chi connectivity index (χ0v) is 31.4. The van der Waals surface area contributed by atoms with E-state index in [1.165, 1.54) is 13.8 Å². The number of fused-ring (bicyclic) bond motifs is 9. The van der Waals surface area contributed by atoms with Crippen LogP contribution in [0.4, 0.5) is 0 Å². The van der Waals surface area contributed by atoms with E-state index in [9.17, 15) is 45.0 Å². The molecular weight excluding hydrogens is 712 g/mol. The van der Waals surface area contributed by atoms with Crippen molar-refractivity contribution in [3.05, 3.63) is 11.1 Å². The quantitative estimate of drug-likeness (QED) is 0.101. The van der Waals surface area contributed by atoms with Gasteiger partial charge in [-0.2, -0.15) is 0 Å². The SMILES string of the molecule is CC(=O)O[C@H]1C[C@@H]2[C@@H]([C@H]3O[C@H]3[C@@]3(O)C[C@@H]4O[C@@H]4[C@@H](OC(C)=O)[C@]23C)[C@@H]2C[C@@H](O)[C@H]([C@@H](C)[C@@H]3CC(C)=C(CO[C@H]4O[C@@H](CO)[C@H](O)[C@@H](O)[C@@H]4O)C(=O)O3)[C@]12C. The summed E-state index contributed by atoms with van der Waals surface area (Å²) in [6, 6.07) is 0. The average Bonchev–Trinajstić information content (AvgIpc) is 4.02. The van der Waals surface area contributed by atoms with E-state index in [1.807, 2.05) is 20.8 Å². The second-order valence-corrected chi connectivity index (χ2v) is 17.7. The van der Waals surface area contributed by atoms with Gasteiger partial charge in [0.15, 0.2) is 6.29 Å². The predicted octanol–water partition coefficient (Wildman–Crippen LogP) is -0.737. The Hall–Kier alpha value is -2.25. The molecule has 0 radical (unpaired) electrons. The van der Waals surface area contributed by atoms with Crippen LogP contribution in [0.1, 0.15) is 67.2 Å². The number of aliphatic hydroxyl groups excluding tert-OH is 5. The molecular formula is C38H54O16. The van der Waals surface area contributed by atoms with Crippen molar-refractivity contribution in [2.24, 2.45) is 40.4 Å². The molecule has 7 fully saturated rings. The van der Waals surface area contributed by atoms with E-state index in [0.29, 0.717) is 31.3 Å². The van der Waals surface area contributed by atoms with Crippen LogP contribution in [0, 0.1) is 40.4 Å². The first kappa shape index (κ1) is 38.6. The van der Waals surface area contributed by atoms with Gasteiger partial charge in [-0.3, -0.25) is 9.59 Å². The summed E-state index contributed by atoms with van der Waals surface area (Å²) < 4.78 is 41.6. The molecule has 0 aromatic heterocycles. The minimum Gasteiger partial charge on any atom is -0.462 e. The fourth-order valence-electron chi connectivity index (χ4n) is 12.4. The Labute approximate surface area is 313 Å². The van der Waals surface area contributed by atoms with E-state index in [0.717, 1.165) is 0 Å². The van der Waals surface area contributed by atoms with Crippen LogP contribution in [0.15, 0.2) is 11.1 Å². The lowest BCUT2D eigenvalue weighted by Crippen LogP contribution is -2.72. The number of aliphatic hydroxyl groups is 6. The number of carbonyl (C=O) groups excluding carboxylic acids is 3. The van der Waals surface area contributed by atoms with Gasteiger partial charge in [0.2, 0.25) is 0 Å². The summed E-state index contributed by atoms with van der Waals surface area (Å²) in [5.74, 6) is -3.22. The molecule has 302 valence electrons. The molecule has 3 saturated heterocycles. The summed E-state index contributed by atoms with van der Waals surface area (Å²) in [6.45, 7) is 9.42. The van der Waals surface area contributed by atoms with Gasteiger partial charge in [0, 0.05) is 43.4 Å². The summed E-state index contributed by atoms with van der Waals surface area (Å²) in [6.07, 6.45) is -10.5. The highest BCUT2D eigenvalue weighted by atomic mass is 16.7. The van der Waals surface area contributed by atoms with Crippen molar-refractivity contribution in [1.29, 1.82) is 0 Å². The number of cyclic esters (lactones) is 1. The van der Waals surface area contributed by atoms with Crippen molar-refractivity contribution < 1.29 is 78.2 Å². The minimum absolute atomic E-state index is 0.168. The normalized spacial score (nSPS) is 53.5. The molecule has 16 heteroatoms. The summed E-state index contributed by atoms with van der Waals surface area (Å²) in [5, 5.41) is 64.7. The van der Waals surface area contributed by atoms with Crippen LogP contribution in [-0.4, -0.2) is 147 Å². The van der Waals surface area contributed by atoms with E-state index in [1.54, 1.807) is 6.92 Å². The Morgan fingerprint density at radius 2 is 1.65 bits per heavy atom. The predicted molar refractivity (Wildman–Crippen MR) is 179 cm³/mol. The van der Waals surface area contributed by atoms with Crippen molar-refractivity contribution in [2.75, 3.05) is 13.2 Å². The second-order valence-electron chi connectivity index (χ2n) is 17.7. The third-order valence-electron chi connectivity index (χ3n) is 15.1. The summed E-state index contributed by atoms with van der Waals surface area (Å²) in [4.78, 5) is 38.8. The second kappa shape index (κ2) is 13.1. The van der Waals surface area contributed by atoms with Crippen LogP contribution >= 0.6 is 0 Å². The van der Waals surface area contributed by atoms with Gasteiger partial charge in [-0.15, -0.1) is 0 Å². The zero-order valence-electron chi connectivity index (χ0n) is 31.4. The molecule has 4 heterocycles. The lowest BCUT2D eigenvalue weighted by molar-refractivity contribution is -0.299. The van der Waals surface area contributed by atoms with Crippen molar-refractivity contribution in [1.82, 2.24) is 0 Å². The largest absolute Gasteiger partial charge is 0.462 e. The molecule has 4 saturated carbocycles. The van der Waals surface area contributed by atoms with Crippen LogP contribution < -0.4 is 0 Å². The number of ether oxygens (including phenoxy) is 7. The Bertz CT molecular complexity index is 1580. The fourth-order valence-corrected chi connectivity index (χ4v) is 12.4. The Balaban J connectivity index is 1.06. The Kier molecular flexibility index (Phi) is 9.40. The van der Waals surface area contributed by atoms with Crippen LogP contribution in [0.5, 0.6) is 0 Å². The maximum Gasteiger partial charge on any atom is 0.336 e. The van der Waals surface area contributed by atoms with E-state index in [2.05, 4.69) is 0 Å². The topological polar surface area (TPSA) is 244 Å². The fraction of sp³-hybridized carbons (Fsp3) is 0.868. The summed E-state index contributed by atoms with van der Waals surface area (Å²) in [5.41, 5.74) is -2.29. The lowest BCUT2D eigenvalue weighted by atomic mass is 9.41. The van der Waals surface area contributed by atoms with Gasteiger partial charge >= 0.3 is 17.9 Å². The third kappa shape index (κ3) is 5.49. The van der Waals surface area contributed by atoms with Gasteiger partial charge in [0.05, 0.1) is 37.1 Å². The molecule has 0 amide bonds. The first-order chi connectivity index (χ1) is 25.4. The molecule has 0 aromatic rings. The molecule has 8 rings (SSSR count). The van der Waals surface area contributed by atoms with Crippen LogP contribution in [0.25, 0.3) is 0 Å². The third-order valence-corrected chi connectivity index (χ3v) is 15.1. The van der Waals surface area contributed by atoms with E-state index in [4.69, 9.17) is 33.2 Å². The minimum atomic E-state index is -1.63. The number of hydrogen-bond donors (Lipinski definition) is 6. The van der Waals surface area contributed by atoms with E-state index >= 15 is 0 Å². The number of carbonyl (C=O) groups is 3. The Morgan fingerprint density at radius 3 is 2.30 bits per heavy atom. The standard InChI is InChI=1S/C38H54O16/c1-13-7-21(52-34(46)17(13)12-48-35-29(45)28(44)27(43)23(11-39)53-35)14(2)26-20(42)8-18-25-19(9-24(36(18,26)5)49-15(3)40)37(6)32(50-16(4)41)30-22(51-30)10-38(37,47)33-31(25)54-33/h14,18-33,35,39,42-45,47H,7-12H2,1-6H3/t14-,18-,19+,20+,21-,22-,23-,24-,25-,26-,27-,28+,29-,30-,31+,32+,33+,35-,36-,37-,38-/m0/s1. The molecule has 0 spiro atoms. The van der Waals surface area contributed by atoms with Crippen molar-refractivity contribution in [2.45, 2.75) is 152 Å². The zero-order chi connectivity index (χ0) is 39.0. The van der Waals surface area contributed by atoms with E-state index < -0.39 is 114 Å². The molecule has 0 unspecified atom stereocenters. The maximum absolute atomic E-state index is 13.5. The number of hydrogen-bond acceptors (Lipinski definition) is 16. The highest BCUT2D eigenvalue weighted by Crippen LogP contribution is 2.74. The van der Waals surface area contributed by atoms with Crippen LogP contribution in [-0.2, 0) is 47.5 Å². The lowest BCUT2D eigenvalue weighted by Gasteiger charge is -2.63. The molecule has 54 heavy (non-hydrogen) atoms. The van der Waals surface area contributed by atoms with Crippen molar-refractivity contribution in [3.63, 3.8) is 0 Å². The molecule has 4 aliphatic carbocycles. The van der Waals surface area contributed by atoms with Gasteiger partial charge in [0.1, 0.15) is 60.5 Å². The highest BCUT2D eigenvalue weighted by Gasteiger charge is 2.84.